The second kappa shape index (κ2) is 3.74. The predicted molar refractivity (Wildman–Crippen MR) is 73.7 cm³/mol. The minimum Gasteiger partial charge on any atom is -0.0763 e. The van der Waals surface area contributed by atoms with E-state index in [4.69, 9.17) is 0 Å². The molecular weight excluding hydrogens is 260 g/mol. The molecule has 1 unspecified atom stereocenters. The van der Waals surface area contributed by atoms with Crippen molar-refractivity contribution in [1.82, 2.24) is 0 Å². The zero-order valence-electron chi connectivity index (χ0n) is 9.20. The van der Waals surface area contributed by atoms with Crippen molar-refractivity contribution in [2.75, 3.05) is 0 Å². The van der Waals surface area contributed by atoms with Crippen molar-refractivity contribution < 1.29 is 0 Å². The quantitative estimate of drug-likeness (QED) is 0.676. The molecule has 0 heterocycles. The van der Waals surface area contributed by atoms with Crippen LogP contribution in [0.2, 0.25) is 0 Å². The van der Waals surface area contributed by atoms with E-state index >= 15 is 0 Å². The Bertz CT molecular complexity index is 581. The smallest absolute Gasteiger partial charge is 0.0256 e. The zero-order chi connectivity index (χ0) is 11.1. The number of fused-ring (bicyclic) bond motifs is 3. The molecule has 0 spiro atoms. The summed E-state index contributed by atoms with van der Waals surface area (Å²) in [5.74, 6) is 0.581. The molecule has 0 nitrogen and oxygen atoms in total. The van der Waals surface area contributed by atoms with Crippen molar-refractivity contribution in [1.29, 1.82) is 0 Å². The predicted octanol–water partition coefficient (Wildman–Crippen LogP) is 5.12. The van der Waals surface area contributed by atoms with Gasteiger partial charge in [0.1, 0.15) is 0 Å². The monoisotopic (exact) mass is 272 g/mol. The maximum atomic E-state index is 3.67. The zero-order valence-corrected chi connectivity index (χ0v) is 10.8. The fourth-order valence-corrected chi connectivity index (χ4v) is 3.17. The number of allylic oxidation sites excluding steroid dienone is 1. The van der Waals surface area contributed by atoms with Gasteiger partial charge in [0.2, 0.25) is 0 Å². The molecule has 2 aromatic carbocycles. The van der Waals surface area contributed by atoms with Crippen molar-refractivity contribution in [3.63, 3.8) is 0 Å². The van der Waals surface area contributed by atoms with Gasteiger partial charge >= 0.3 is 0 Å². The molecular formula is C15H13Br. The van der Waals surface area contributed by atoms with Crippen molar-refractivity contribution >= 4 is 32.8 Å². The van der Waals surface area contributed by atoms with E-state index < -0.39 is 0 Å². The third-order valence-electron chi connectivity index (χ3n) is 3.39. The topological polar surface area (TPSA) is 0 Å². The third-order valence-corrected chi connectivity index (χ3v) is 4.04. The van der Waals surface area contributed by atoms with Gasteiger partial charge in [-0.25, -0.2) is 0 Å². The number of hydrogen-bond acceptors (Lipinski definition) is 0. The van der Waals surface area contributed by atoms with E-state index in [1.165, 1.54) is 32.8 Å². The van der Waals surface area contributed by atoms with Crippen molar-refractivity contribution in [3.05, 3.63) is 52.0 Å². The lowest BCUT2D eigenvalue weighted by Crippen LogP contribution is -1.93. The van der Waals surface area contributed by atoms with Crippen LogP contribution in [0.25, 0.3) is 16.8 Å². The first-order valence-electron chi connectivity index (χ1n) is 5.70. The lowest BCUT2D eigenvalue weighted by molar-refractivity contribution is 0.824. The minimum absolute atomic E-state index is 0.581. The molecule has 3 rings (SSSR count). The normalized spacial score (nSPS) is 18.0. The molecule has 0 aliphatic heterocycles. The molecule has 0 aromatic heterocycles. The van der Waals surface area contributed by atoms with Crippen molar-refractivity contribution in [3.8, 4) is 0 Å². The number of halogens is 1. The van der Waals surface area contributed by atoms with Gasteiger partial charge in [-0.1, -0.05) is 59.3 Å². The van der Waals surface area contributed by atoms with Crippen LogP contribution in [0.4, 0.5) is 0 Å². The van der Waals surface area contributed by atoms with Gasteiger partial charge in [-0.15, -0.1) is 0 Å². The molecule has 16 heavy (non-hydrogen) atoms. The summed E-state index contributed by atoms with van der Waals surface area (Å²) < 4.78 is 1.22. The fourth-order valence-electron chi connectivity index (χ4n) is 2.57. The highest BCUT2D eigenvalue weighted by molar-refractivity contribution is 9.10. The Morgan fingerprint density at radius 2 is 2.06 bits per heavy atom. The summed E-state index contributed by atoms with van der Waals surface area (Å²) in [6.45, 7) is 2.25. The highest BCUT2D eigenvalue weighted by Gasteiger charge is 2.20. The van der Waals surface area contributed by atoms with Crippen LogP contribution >= 0.6 is 15.9 Å². The maximum absolute atomic E-state index is 3.67. The van der Waals surface area contributed by atoms with Crippen LogP contribution in [-0.2, 0) is 0 Å². The molecule has 0 saturated heterocycles. The Morgan fingerprint density at radius 3 is 2.88 bits per heavy atom. The van der Waals surface area contributed by atoms with E-state index in [9.17, 15) is 0 Å². The van der Waals surface area contributed by atoms with Crippen molar-refractivity contribution in [2.24, 2.45) is 0 Å². The highest BCUT2D eigenvalue weighted by Crippen LogP contribution is 2.41. The van der Waals surface area contributed by atoms with Gasteiger partial charge in [-0.2, -0.15) is 0 Å². The average molecular weight is 273 g/mol. The second-order valence-corrected chi connectivity index (χ2v) is 5.14. The molecule has 0 radical (unpaired) electrons. The van der Waals surface area contributed by atoms with Crippen LogP contribution < -0.4 is 0 Å². The fraction of sp³-hybridized carbons (Fsp3) is 0.200. The molecule has 0 N–H and O–H groups in total. The van der Waals surface area contributed by atoms with Gasteiger partial charge in [0, 0.05) is 10.4 Å². The Morgan fingerprint density at radius 1 is 1.25 bits per heavy atom. The summed E-state index contributed by atoms with van der Waals surface area (Å²) in [6.07, 6.45) is 5.74. The summed E-state index contributed by atoms with van der Waals surface area (Å²) in [7, 11) is 0. The lowest BCUT2D eigenvalue weighted by Gasteiger charge is -2.13. The van der Waals surface area contributed by atoms with E-state index in [0.717, 1.165) is 0 Å². The van der Waals surface area contributed by atoms with E-state index in [-0.39, 0.29) is 0 Å². The maximum Gasteiger partial charge on any atom is 0.0256 e. The second-order valence-electron chi connectivity index (χ2n) is 4.28. The van der Waals surface area contributed by atoms with E-state index in [1.807, 2.05) is 0 Å². The standard InChI is InChI=1S/C15H13Br/c1-2-10-7-8-13-14(16)9-11-5-3-4-6-12(11)15(10)13/h3-10H,2H2,1H3. The molecule has 0 fully saturated rings. The van der Waals surface area contributed by atoms with Crippen LogP contribution in [-0.4, -0.2) is 0 Å². The molecule has 0 amide bonds. The first-order chi connectivity index (χ1) is 7.81. The minimum atomic E-state index is 0.581. The lowest BCUT2D eigenvalue weighted by atomic mass is 9.92. The molecule has 1 heteroatoms. The Hall–Kier alpha value is -1.08. The van der Waals surface area contributed by atoms with Gasteiger partial charge in [0.25, 0.3) is 0 Å². The van der Waals surface area contributed by atoms with E-state index in [0.29, 0.717) is 5.92 Å². The summed E-state index contributed by atoms with van der Waals surface area (Å²) in [4.78, 5) is 0. The molecule has 1 aliphatic rings. The molecule has 1 atom stereocenters. The SMILES string of the molecule is CCC1C=Cc2c(Br)cc3ccccc3c21. The molecule has 0 saturated carbocycles. The Balaban J connectivity index is 2.40. The van der Waals surface area contributed by atoms with E-state index in [2.05, 4.69) is 65.3 Å². The van der Waals surface area contributed by atoms with E-state index in [1.54, 1.807) is 0 Å². The summed E-state index contributed by atoms with van der Waals surface area (Å²) in [5, 5.41) is 2.73. The first kappa shape index (κ1) is 10.1. The number of benzene rings is 2. The summed E-state index contributed by atoms with van der Waals surface area (Å²) in [5.41, 5.74) is 2.86. The summed E-state index contributed by atoms with van der Waals surface area (Å²) in [6, 6.07) is 10.9. The van der Waals surface area contributed by atoms with Gasteiger partial charge in [0.15, 0.2) is 0 Å². The van der Waals surface area contributed by atoms with Crippen LogP contribution in [0.5, 0.6) is 0 Å². The average Bonchev–Trinajstić information content (AvgIpc) is 2.74. The highest BCUT2D eigenvalue weighted by atomic mass is 79.9. The van der Waals surface area contributed by atoms with Crippen molar-refractivity contribution in [2.45, 2.75) is 19.3 Å². The third kappa shape index (κ3) is 1.35. The van der Waals surface area contributed by atoms with Gasteiger partial charge in [-0.05, 0) is 34.4 Å². The first-order valence-corrected chi connectivity index (χ1v) is 6.50. The van der Waals surface area contributed by atoms with Gasteiger partial charge in [0.05, 0.1) is 0 Å². The van der Waals surface area contributed by atoms with Crippen LogP contribution in [0.15, 0.2) is 40.9 Å². The van der Waals surface area contributed by atoms with Gasteiger partial charge in [-0.3, -0.25) is 0 Å². The largest absolute Gasteiger partial charge is 0.0763 e. The van der Waals surface area contributed by atoms with Crippen LogP contribution in [0, 0.1) is 0 Å². The van der Waals surface area contributed by atoms with Gasteiger partial charge < -0.3 is 0 Å². The number of hydrogen-bond donors (Lipinski definition) is 0. The Labute approximate surface area is 104 Å². The summed E-state index contributed by atoms with van der Waals surface area (Å²) >= 11 is 3.67. The Kier molecular flexibility index (Phi) is 2.36. The van der Waals surface area contributed by atoms with Crippen LogP contribution in [0.3, 0.4) is 0 Å². The molecule has 1 aliphatic carbocycles. The van der Waals surface area contributed by atoms with Crippen LogP contribution in [0.1, 0.15) is 30.4 Å². The molecule has 80 valence electrons. The molecule has 2 aromatic rings. The molecule has 0 bridgehead atoms. The number of rotatable bonds is 1.